The van der Waals surface area contributed by atoms with Crippen molar-refractivity contribution in [2.75, 3.05) is 25.6 Å². The average molecular weight is 485 g/mol. The van der Waals surface area contributed by atoms with Gasteiger partial charge in [-0.15, -0.1) is 0 Å². The molecule has 36 heavy (non-hydrogen) atoms. The van der Waals surface area contributed by atoms with Crippen molar-refractivity contribution in [3.63, 3.8) is 0 Å². The summed E-state index contributed by atoms with van der Waals surface area (Å²) in [6.45, 7) is 3.20. The first kappa shape index (κ1) is 23.5. The Balaban J connectivity index is 1.48. The van der Waals surface area contributed by atoms with Crippen LogP contribution < -0.4 is 25.1 Å². The Labute approximate surface area is 209 Å². The number of carbonyl (C=O) groups is 1. The highest BCUT2D eigenvalue weighted by atomic mass is 16.6. The van der Waals surface area contributed by atoms with E-state index in [1.54, 1.807) is 17.7 Å². The Morgan fingerprint density at radius 2 is 1.67 bits per heavy atom. The molecule has 0 saturated carbocycles. The zero-order chi connectivity index (χ0) is 25.1. The molecule has 2 heterocycles. The molecular weight excluding hydrogens is 456 g/mol. The van der Waals surface area contributed by atoms with Crippen LogP contribution in [0.5, 0.6) is 17.2 Å². The Hall–Kier alpha value is -4.26. The second kappa shape index (κ2) is 10.2. The van der Waals surface area contributed by atoms with Gasteiger partial charge >= 0.3 is 0 Å². The van der Waals surface area contributed by atoms with E-state index in [1.165, 1.54) is 0 Å². The number of pyridine rings is 1. The van der Waals surface area contributed by atoms with Gasteiger partial charge in [-0.2, -0.15) is 0 Å². The predicted molar refractivity (Wildman–Crippen MR) is 139 cm³/mol. The zero-order valence-electron chi connectivity index (χ0n) is 20.4. The van der Waals surface area contributed by atoms with Gasteiger partial charge in [0.05, 0.1) is 19.2 Å². The van der Waals surface area contributed by atoms with Gasteiger partial charge in [0.15, 0.2) is 17.3 Å². The molecule has 0 radical (unpaired) electrons. The van der Waals surface area contributed by atoms with Crippen LogP contribution in [0, 0.1) is 6.92 Å². The second-order valence-electron chi connectivity index (χ2n) is 8.90. The Kier molecular flexibility index (Phi) is 6.62. The molecule has 0 aliphatic carbocycles. The molecule has 0 fully saturated rings. The molecule has 0 amide bonds. The normalized spacial score (nSPS) is 12.4. The van der Waals surface area contributed by atoms with Crippen molar-refractivity contribution < 1.29 is 19.0 Å². The second-order valence-corrected chi connectivity index (χ2v) is 8.90. The number of aryl methyl sites for hydroxylation is 1. The number of ether oxygens (including phenoxy) is 3. The quantitative estimate of drug-likeness (QED) is 0.396. The van der Waals surface area contributed by atoms with E-state index in [0.717, 1.165) is 28.0 Å². The first-order valence-electron chi connectivity index (χ1n) is 11.9. The van der Waals surface area contributed by atoms with Crippen molar-refractivity contribution in [3.05, 3.63) is 93.8 Å². The van der Waals surface area contributed by atoms with Gasteiger partial charge in [0.25, 0.3) is 5.56 Å². The molecule has 1 aliphatic heterocycles. The van der Waals surface area contributed by atoms with Crippen LogP contribution in [-0.4, -0.2) is 30.7 Å². The summed E-state index contributed by atoms with van der Waals surface area (Å²) in [7, 11) is 1.62. The van der Waals surface area contributed by atoms with Gasteiger partial charge in [0.2, 0.25) is 0 Å². The SMILES string of the molecule is COc1ccc(NCc2cc3cc4c(cc3n(CC(=O)Cc3ccc(C)cc3)c2=O)OCCO4)cc1. The number of carbonyl (C=O) groups excluding carboxylic acids is 1. The number of Topliss-reactive ketones (excluding diaryl/α,β-unsaturated/α-hetero) is 1. The van der Waals surface area contributed by atoms with E-state index in [-0.39, 0.29) is 24.3 Å². The van der Waals surface area contributed by atoms with E-state index < -0.39 is 0 Å². The lowest BCUT2D eigenvalue weighted by Gasteiger charge is -2.21. The predicted octanol–water partition coefficient (Wildman–Crippen LogP) is 4.51. The van der Waals surface area contributed by atoms with Crippen LogP contribution in [0.2, 0.25) is 0 Å². The lowest BCUT2D eigenvalue weighted by molar-refractivity contribution is -0.119. The largest absolute Gasteiger partial charge is 0.497 e. The number of hydrogen-bond donors (Lipinski definition) is 1. The van der Waals surface area contributed by atoms with E-state index in [1.807, 2.05) is 67.6 Å². The molecule has 4 aromatic rings. The number of nitrogens with zero attached hydrogens (tertiary/aromatic N) is 1. The maximum Gasteiger partial charge on any atom is 0.256 e. The van der Waals surface area contributed by atoms with E-state index in [0.29, 0.717) is 42.3 Å². The van der Waals surface area contributed by atoms with Crippen molar-refractivity contribution >= 4 is 22.4 Å². The number of hydrogen-bond acceptors (Lipinski definition) is 6. The van der Waals surface area contributed by atoms with Gasteiger partial charge in [-0.25, -0.2) is 0 Å². The number of rotatable bonds is 8. The third kappa shape index (κ3) is 5.05. The molecule has 0 spiro atoms. The van der Waals surface area contributed by atoms with Crippen LogP contribution in [0.15, 0.2) is 71.5 Å². The number of ketones is 1. The highest BCUT2D eigenvalue weighted by molar-refractivity contribution is 5.87. The number of nitrogens with one attached hydrogen (secondary N) is 1. The summed E-state index contributed by atoms with van der Waals surface area (Å²) >= 11 is 0. The van der Waals surface area contributed by atoms with Crippen molar-refractivity contribution in [2.24, 2.45) is 0 Å². The summed E-state index contributed by atoms with van der Waals surface area (Å²) in [6.07, 6.45) is 0.257. The molecule has 5 rings (SSSR count). The van der Waals surface area contributed by atoms with Gasteiger partial charge in [0, 0.05) is 35.7 Å². The Bertz CT molecular complexity index is 1460. The lowest BCUT2D eigenvalue weighted by Crippen LogP contribution is -2.29. The summed E-state index contributed by atoms with van der Waals surface area (Å²) in [5, 5.41) is 4.11. The molecule has 1 aliphatic rings. The van der Waals surface area contributed by atoms with Crippen LogP contribution in [-0.2, 0) is 24.3 Å². The molecule has 7 heteroatoms. The summed E-state index contributed by atoms with van der Waals surface area (Å²) in [4.78, 5) is 26.6. The topological polar surface area (TPSA) is 78.8 Å². The molecule has 0 unspecified atom stereocenters. The lowest BCUT2D eigenvalue weighted by atomic mass is 10.1. The summed E-state index contributed by atoms with van der Waals surface area (Å²) in [6, 6.07) is 20.9. The molecule has 184 valence electrons. The van der Waals surface area contributed by atoms with Crippen molar-refractivity contribution in [1.29, 1.82) is 0 Å². The van der Waals surface area contributed by atoms with Gasteiger partial charge < -0.3 is 24.1 Å². The zero-order valence-corrected chi connectivity index (χ0v) is 20.4. The minimum atomic E-state index is -0.211. The summed E-state index contributed by atoms with van der Waals surface area (Å²) in [5.74, 6) is 1.93. The Morgan fingerprint density at radius 3 is 2.36 bits per heavy atom. The van der Waals surface area contributed by atoms with Crippen molar-refractivity contribution in [2.45, 2.75) is 26.4 Å². The van der Waals surface area contributed by atoms with Crippen LogP contribution in [0.1, 0.15) is 16.7 Å². The molecule has 1 aromatic heterocycles. The van der Waals surface area contributed by atoms with Crippen LogP contribution in [0.3, 0.4) is 0 Å². The average Bonchev–Trinajstić information content (AvgIpc) is 2.90. The van der Waals surface area contributed by atoms with E-state index in [9.17, 15) is 9.59 Å². The van der Waals surface area contributed by atoms with Gasteiger partial charge in [-0.05, 0) is 48.9 Å². The van der Waals surface area contributed by atoms with Gasteiger partial charge in [0.1, 0.15) is 19.0 Å². The molecule has 0 bridgehead atoms. The van der Waals surface area contributed by atoms with E-state index >= 15 is 0 Å². The number of aromatic nitrogens is 1. The number of benzene rings is 3. The van der Waals surface area contributed by atoms with Gasteiger partial charge in [-0.1, -0.05) is 29.8 Å². The third-order valence-electron chi connectivity index (χ3n) is 6.26. The molecule has 0 atom stereocenters. The highest BCUT2D eigenvalue weighted by Gasteiger charge is 2.18. The fourth-order valence-electron chi connectivity index (χ4n) is 4.33. The van der Waals surface area contributed by atoms with Gasteiger partial charge in [-0.3, -0.25) is 9.59 Å². The minimum absolute atomic E-state index is 0.0285. The first-order chi connectivity index (χ1) is 17.5. The molecule has 3 aromatic carbocycles. The molecular formula is C29H28N2O5. The monoisotopic (exact) mass is 484 g/mol. The molecule has 7 nitrogen and oxygen atoms in total. The standard InChI is InChI=1S/C29H28N2O5/c1-19-3-5-20(6-4-19)13-24(32)18-31-26-16-28-27(35-11-12-36-28)15-21(26)14-22(29(31)33)17-30-23-7-9-25(34-2)10-8-23/h3-10,14-16,30H,11-13,17-18H2,1-2H3. The third-order valence-corrected chi connectivity index (χ3v) is 6.26. The maximum absolute atomic E-state index is 13.6. The number of anilines is 1. The van der Waals surface area contributed by atoms with Crippen LogP contribution in [0.25, 0.3) is 10.9 Å². The fourth-order valence-corrected chi connectivity index (χ4v) is 4.33. The maximum atomic E-state index is 13.6. The van der Waals surface area contributed by atoms with Crippen LogP contribution in [0.4, 0.5) is 5.69 Å². The minimum Gasteiger partial charge on any atom is -0.497 e. The van der Waals surface area contributed by atoms with Crippen molar-refractivity contribution in [1.82, 2.24) is 4.57 Å². The van der Waals surface area contributed by atoms with E-state index in [2.05, 4.69) is 5.32 Å². The van der Waals surface area contributed by atoms with Crippen LogP contribution >= 0.6 is 0 Å². The summed E-state index contributed by atoms with van der Waals surface area (Å²) < 4.78 is 18.3. The highest BCUT2D eigenvalue weighted by Crippen LogP contribution is 2.34. The number of fused-ring (bicyclic) bond motifs is 2. The molecule has 0 saturated heterocycles. The van der Waals surface area contributed by atoms with Crippen molar-refractivity contribution in [3.8, 4) is 17.2 Å². The first-order valence-corrected chi connectivity index (χ1v) is 11.9. The molecule has 1 N–H and O–H groups in total. The smallest absolute Gasteiger partial charge is 0.256 e. The fraction of sp³-hybridized carbons (Fsp3) is 0.241. The Morgan fingerprint density at radius 1 is 0.972 bits per heavy atom. The number of methoxy groups -OCH3 is 1. The van der Waals surface area contributed by atoms with E-state index in [4.69, 9.17) is 14.2 Å². The summed E-state index contributed by atoms with van der Waals surface area (Å²) in [5.41, 5.74) is 3.91.